The molecular weight excluding hydrogens is 457 g/mol. The highest BCUT2D eigenvalue weighted by molar-refractivity contribution is 6.30. The molecule has 3 heterocycles. The van der Waals surface area contributed by atoms with Crippen molar-refractivity contribution < 1.29 is 14.3 Å². The Balaban J connectivity index is 1.74. The molecule has 0 radical (unpaired) electrons. The van der Waals surface area contributed by atoms with Crippen LogP contribution in [0.25, 0.3) is 11.3 Å². The monoisotopic (exact) mass is 483 g/mol. The largest absolute Gasteiger partial charge is 0.392 e. The zero-order chi connectivity index (χ0) is 24.1. The summed E-state index contributed by atoms with van der Waals surface area (Å²) in [6.07, 6.45) is 7.46. The summed E-state index contributed by atoms with van der Waals surface area (Å²) < 4.78 is 14.6. The Labute approximate surface area is 203 Å². The molecular formula is C25H27ClFN5O2. The maximum Gasteiger partial charge on any atom is 0.255 e. The van der Waals surface area contributed by atoms with Gasteiger partial charge in [-0.05, 0) is 56.5 Å². The molecule has 0 aliphatic carbocycles. The van der Waals surface area contributed by atoms with Gasteiger partial charge in [-0.2, -0.15) is 0 Å². The number of carbonyl (C=O) groups is 1. The highest BCUT2D eigenvalue weighted by Gasteiger charge is 2.20. The van der Waals surface area contributed by atoms with E-state index in [4.69, 9.17) is 11.6 Å². The molecule has 0 saturated carbocycles. The van der Waals surface area contributed by atoms with Crippen LogP contribution in [0.15, 0.2) is 48.9 Å². The van der Waals surface area contributed by atoms with E-state index in [-0.39, 0.29) is 12.5 Å². The van der Waals surface area contributed by atoms with Crippen LogP contribution < -0.4 is 15.5 Å². The third-order valence-corrected chi connectivity index (χ3v) is 5.91. The number of pyridine rings is 2. The van der Waals surface area contributed by atoms with Crippen LogP contribution in [0.4, 0.5) is 21.5 Å². The lowest BCUT2D eigenvalue weighted by Gasteiger charge is -2.30. The summed E-state index contributed by atoms with van der Waals surface area (Å²) in [6, 6.07) is 7.84. The van der Waals surface area contributed by atoms with Crippen molar-refractivity contribution in [3.05, 3.63) is 65.3 Å². The molecule has 1 unspecified atom stereocenters. The van der Waals surface area contributed by atoms with Gasteiger partial charge in [-0.25, -0.2) is 4.39 Å². The van der Waals surface area contributed by atoms with Crippen molar-refractivity contribution in [3.8, 4) is 11.3 Å². The fraction of sp³-hybridized carbons (Fsp3) is 0.320. The maximum absolute atomic E-state index is 14.6. The number of carbonyl (C=O) groups excluding carboxylic acids is 1. The van der Waals surface area contributed by atoms with Crippen molar-refractivity contribution in [2.45, 2.75) is 32.3 Å². The Morgan fingerprint density at radius 2 is 1.97 bits per heavy atom. The topological polar surface area (TPSA) is 90.4 Å². The summed E-state index contributed by atoms with van der Waals surface area (Å²) in [4.78, 5) is 23.6. The van der Waals surface area contributed by atoms with Crippen LogP contribution in [-0.2, 0) is 0 Å². The van der Waals surface area contributed by atoms with E-state index in [1.165, 1.54) is 24.8 Å². The van der Waals surface area contributed by atoms with Crippen molar-refractivity contribution in [1.29, 1.82) is 0 Å². The predicted molar refractivity (Wildman–Crippen MR) is 132 cm³/mol. The van der Waals surface area contributed by atoms with Crippen LogP contribution in [0, 0.1) is 5.82 Å². The molecule has 0 bridgehead atoms. The van der Waals surface area contributed by atoms with Crippen LogP contribution in [-0.4, -0.2) is 46.7 Å². The quantitative estimate of drug-likeness (QED) is 0.448. The fourth-order valence-electron chi connectivity index (χ4n) is 3.94. The molecule has 178 valence electrons. The number of hydrogen-bond acceptors (Lipinski definition) is 6. The van der Waals surface area contributed by atoms with Gasteiger partial charge in [0, 0.05) is 42.6 Å². The van der Waals surface area contributed by atoms with E-state index < -0.39 is 11.9 Å². The first-order valence-corrected chi connectivity index (χ1v) is 11.7. The smallest absolute Gasteiger partial charge is 0.255 e. The highest BCUT2D eigenvalue weighted by atomic mass is 35.5. The molecule has 4 rings (SSSR count). The second-order valence-electron chi connectivity index (χ2n) is 8.36. The van der Waals surface area contributed by atoms with E-state index in [0.717, 1.165) is 31.6 Å². The molecule has 1 aliphatic rings. The number of nitrogens with one attached hydrogen (secondary N) is 2. The van der Waals surface area contributed by atoms with Crippen molar-refractivity contribution in [3.63, 3.8) is 0 Å². The average Bonchev–Trinajstić information content (AvgIpc) is 2.85. The van der Waals surface area contributed by atoms with Crippen molar-refractivity contribution in [1.82, 2.24) is 15.3 Å². The molecule has 3 N–H and O–H groups in total. The van der Waals surface area contributed by atoms with Gasteiger partial charge in [-0.1, -0.05) is 11.6 Å². The van der Waals surface area contributed by atoms with Gasteiger partial charge in [0.05, 0.1) is 40.6 Å². The number of halogens is 2. The van der Waals surface area contributed by atoms with Crippen molar-refractivity contribution in [2.24, 2.45) is 0 Å². The zero-order valence-electron chi connectivity index (χ0n) is 18.9. The van der Waals surface area contributed by atoms with E-state index in [0.29, 0.717) is 33.2 Å². The number of nitrogens with zero attached hydrogens (tertiary/aromatic N) is 3. The summed E-state index contributed by atoms with van der Waals surface area (Å²) >= 11 is 6.11. The van der Waals surface area contributed by atoms with E-state index in [1.54, 1.807) is 37.5 Å². The normalized spacial score (nSPS) is 14.5. The zero-order valence-corrected chi connectivity index (χ0v) is 19.6. The van der Waals surface area contributed by atoms with Gasteiger partial charge in [-0.3, -0.25) is 14.8 Å². The fourth-order valence-corrected chi connectivity index (χ4v) is 4.11. The predicted octanol–water partition coefficient (Wildman–Crippen LogP) is 4.78. The molecule has 1 amide bonds. The lowest BCUT2D eigenvalue weighted by molar-refractivity contribution is 0.0924. The van der Waals surface area contributed by atoms with E-state index >= 15 is 0 Å². The molecule has 34 heavy (non-hydrogen) atoms. The SMILES string of the molecule is CC(O)CNC(=O)c1cnccc1Nc1cc(-c2cc(Cl)ccc2F)ncc1N1CCCCC1. The average molecular weight is 484 g/mol. The third-order valence-electron chi connectivity index (χ3n) is 5.68. The summed E-state index contributed by atoms with van der Waals surface area (Å²) in [6.45, 7) is 3.50. The number of aromatic nitrogens is 2. The molecule has 9 heteroatoms. The Morgan fingerprint density at radius 1 is 1.18 bits per heavy atom. The number of anilines is 3. The minimum Gasteiger partial charge on any atom is -0.392 e. The standard InChI is InChI=1S/C25H27ClFN5O2/c1-16(33)13-30-25(34)19-14-28-8-7-21(19)31-23-12-22(18-11-17(26)5-6-20(18)27)29-15-24(23)32-9-3-2-4-10-32/h5-8,11-12,14-16,33H,2-4,9-10,13H2,1H3,(H,30,34)(H,28,29,31). The molecule has 1 aromatic carbocycles. The van der Waals surface area contributed by atoms with Gasteiger partial charge < -0.3 is 20.6 Å². The molecule has 7 nitrogen and oxygen atoms in total. The molecule has 1 atom stereocenters. The lowest BCUT2D eigenvalue weighted by atomic mass is 10.1. The van der Waals surface area contributed by atoms with Crippen LogP contribution in [0.3, 0.4) is 0 Å². The Hall–Kier alpha value is -3.23. The number of aliphatic hydroxyl groups excluding tert-OH is 1. The van der Waals surface area contributed by atoms with Crippen LogP contribution >= 0.6 is 11.6 Å². The Kier molecular flexibility index (Phi) is 7.59. The van der Waals surface area contributed by atoms with Crippen LogP contribution in [0.1, 0.15) is 36.5 Å². The van der Waals surface area contributed by atoms with Gasteiger partial charge >= 0.3 is 0 Å². The molecule has 2 aromatic heterocycles. The van der Waals surface area contributed by atoms with Gasteiger partial charge in [0.25, 0.3) is 5.91 Å². The Morgan fingerprint density at radius 3 is 2.74 bits per heavy atom. The van der Waals surface area contributed by atoms with Gasteiger partial charge in [-0.15, -0.1) is 0 Å². The summed E-state index contributed by atoms with van der Waals surface area (Å²) in [5, 5.41) is 16.0. The van der Waals surface area contributed by atoms with Gasteiger partial charge in [0.15, 0.2) is 0 Å². The number of benzene rings is 1. The number of piperidine rings is 1. The minimum atomic E-state index is -0.668. The molecule has 3 aromatic rings. The second-order valence-corrected chi connectivity index (χ2v) is 8.80. The summed E-state index contributed by atoms with van der Waals surface area (Å²) in [5.74, 6) is -0.776. The lowest BCUT2D eigenvalue weighted by Crippen LogP contribution is -2.31. The Bertz CT molecular complexity index is 1170. The first kappa shape index (κ1) is 23.9. The molecule has 0 spiro atoms. The van der Waals surface area contributed by atoms with E-state index in [9.17, 15) is 14.3 Å². The van der Waals surface area contributed by atoms with Gasteiger partial charge in [0.2, 0.25) is 0 Å². The number of rotatable bonds is 7. The van der Waals surface area contributed by atoms with Crippen molar-refractivity contribution in [2.75, 3.05) is 29.9 Å². The number of hydrogen-bond donors (Lipinski definition) is 3. The molecule has 1 fully saturated rings. The molecule has 1 saturated heterocycles. The summed E-state index contributed by atoms with van der Waals surface area (Å²) in [5.41, 5.74) is 3.17. The van der Waals surface area contributed by atoms with Gasteiger partial charge in [0.1, 0.15) is 5.82 Å². The van der Waals surface area contributed by atoms with E-state index in [1.807, 2.05) is 0 Å². The first-order valence-electron chi connectivity index (χ1n) is 11.3. The van der Waals surface area contributed by atoms with Crippen molar-refractivity contribution >= 4 is 34.6 Å². The highest BCUT2D eigenvalue weighted by Crippen LogP contribution is 2.35. The minimum absolute atomic E-state index is 0.125. The first-order chi connectivity index (χ1) is 16.4. The van der Waals surface area contributed by atoms with E-state index in [2.05, 4.69) is 25.5 Å². The number of amides is 1. The summed E-state index contributed by atoms with van der Waals surface area (Å²) in [7, 11) is 0. The second kappa shape index (κ2) is 10.8. The molecule has 1 aliphatic heterocycles. The maximum atomic E-state index is 14.6. The van der Waals surface area contributed by atoms with Crippen LogP contribution in [0.5, 0.6) is 0 Å². The third kappa shape index (κ3) is 5.63. The number of aliphatic hydroxyl groups is 1. The van der Waals surface area contributed by atoms with Crippen LogP contribution in [0.2, 0.25) is 5.02 Å².